The molecule has 1 amide bonds. The number of halogens is 1. The summed E-state index contributed by atoms with van der Waals surface area (Å²) < 4.78 is 18.4. The van der Waals surface area contributed by atoms with Crippen molar-refractivity contribution in [2.24, 2.45) is 0 Å². The van der Waals surface area contributed by atoms with Crippen molar-refractivity contribution in [1.82, 2.24) is 4.90 Å². The first-order valence-electron chi connectivity index (χ1n) is 6.68. The zero-order valence-electron chi connectivity index (χ0n) is 12.4. The van der Waals surface area contributed by atoms with E-state index in [4.69, 9.17) is 9.84 Å². The van der Waals surface area contributed by atoms with Crippen molar-refractivity contribution in [3.63, 3.8) is 0 Å². The molecule has 6 heteroatoms. The molecule has 0 heterocycles. The summed E-state index contributed by atoms with van der Waals surface area (Å²) in [5.41, 5.74) is 0.527. The van der Waals surface area contributed by atoms with Crippen LogP contribution in [0.25, 0.3) is 0 Å². The summed E-state index contributed by atoms with van der Waals surface area (Å²) in [4.78, 5) is 24.3. The average molecular weight is 297 g/mol. The number of nitrogens with zero attached hydrogens (tertiary/aromatic N) is 1. The van der Waals surface area contributed by atoms with Crippen molar-refractivity contribution in [3.05, 3.63) is 29.6 Å². The number of carbonyl (C=O) groups is 2. The second-order valence-electron chi connectivity index (χ2n) is 4.97. The fourth-order valence-electron chi connectivity index (χ4n) is 1.98. The van der Waals surface area contributed by atoms with E-state index in [1.807, 2.05) is 13.8 Å². The highest BCUT2D eigenvalue weighted by Gasteiger charge is 2.18. The van der Waals surface area contributed by atoms with E-state index in [9.17, 15) is 14.0 Å². The maximum atomic E-state index is 13.6. The van der Waals surface area contributed by atoms with Gasteiger partial charge in [0, 0.05) is 12.6 Å². The molecule has 1 N–H and O–H groups in total. The predicted molar refractivity (Wildman–Crippen MR) is 75.8 cm³/mol. The Labute approximate surface area is 123 Å². The van der Waals surface area contributed by atoms with Crippen molar-refractivity contribution in [3.8, 4) is 5.75 Å². The van der Waals surface area contributed by atoms with Crippen LogP contribution >= 0.6 is 0 Å². The van der Waals surface area contributed by atoms with E-state index >= 15 is 0 Å². The van der Waals surface area contributed by atoms with Crippen molar-refractivity contribution in [1.29, 1.82) is 0 Å². The monoisotopic (exact) mass is 297 g/mol. The molecule has 0 radical (unpaired) electrons. The zero-order chi connectivity index (χ0) is 16.0. The summed E-state index contributed by atoms with van der Waals surface area (Å²) in [6, 6.07) is 4.23. The summed E-state index contributed by atoms with van der Waals surface area (Å²) in [6.45, 7) is 3.77. The number of rotatable bonds is 7. The van der Waals surface area contributed by atoms with Crippen LogP contribution in [0.1, 0.15) is 25.8 Å². The van der Waals surface area contributed by atoms with Crippen LogP contribution in [0.15, 0.2) is 18.2 Å². The quantitative estimate of drug-likeness (QED) is 0.837. The maximum Gasteiger partial charge on any atom is 0.305 e. The second kappa shape index (κ2) is 7.61. The van der Waals surface area contributed by atoms with Crippen molar-refractivity contribution >= 4 is 11.9 Å². The van der Waals surface area contributed by atoms with E-state index in [-0.39, 0.29) is 37.1 Å². The molecule has 0 saturated heterocycles. The summed E-state index contributed by atoms with van der Waals surface area (Å²) in [5, 5.41) is 8.71. The van der Waals surface area contributed by atoms with E-state index in [1.165, 1.54) is 24.1 Å². The molecule has 0 unspecified atom stereocenters. The van der Waals surface area contributed by atoms with Gasteiger partial charge in [0.05, 0.1) is 20.0 Å². The Morgan fingerprint density at radius 1 is 1.38 bits per heavy atom. The minimum absolute atomic E-state index is 0.0265. The normalized spacial score (nSPS) is 10.5. The van der Waals surface area contributed by atoms with Gasteiger partial charge < -0.3 is 14.7 Å². The zero-order valence-corrected chi connectivity index (χ0v) is 12.4. The Balaban J connectivity index is 2.76. The van der Waals surface area contributed by atoms with E-state index in [2.05, 4.69) is 0 Å². The SMILES string of the molecule is COc1ccc(CC(=O)N(CCC(=O)O)C(C)C)cc1F. The van der Waals surface area contributed by atoms with Crippen molar-refractivity contribution in [2.45, 2.75) is 32.7 Å². The van der Waals surface area contributed by atoms with Gasteiger partial charge in [-0.05, 0) is 31.5 Å². The summed E-state index contributed by atoms with van der Waals surface area (Å²) >= 11 is 0. The Morgan fingerprint density at radius 3 is 2.52 bits per heavy atom. The van der Waals surface area contributed by atoms with Gasteiger partial charge in [0.1, 0.15) is 0 Å². The molecular weight excluding hydrogens is 277 g/mol. The number of methoxy groups -OCH3 is 1. The maximum absolute atomic E-state index is 13.6. The molecule has 0 aliphatic heterocycles. The molecule has 0 bridgehead atoms. The van der Waals surface area contributed by atoms with Gasteiger partial charge in [-0.1, -0.05) is 6.07 Å². The molecule has 0 aliphatic rings. The minimum Gasteiger partial charge on any atom is -0.494 e. The molecular formula is C15H20FNO4. The summed E-state index contributed by atoms with van der Waals surface area (Å²) in [6.07, 6.45) is -0.0837. The highest BCUT2D eigenvalue weighted by atomic mass is 19.1. The third kappa shape index (κ3) is 5.06. The van der Waals surface area contributed by atoms with E-state index in [0.29, 0.717) is 5.56 Å². The Bertz CT molecular complexity index is 516. The van der Waals surface area contributed by atoms with Crippen LogP contribution < -0.4 is 4.74 Å². The summed E-state index contributed by atoms with van der Waals surface area (Å²) in [5.74, 6) is -1.58. The van der Waals surface area contributed by atoms with Gasteiger partial charge in [-0.15, -0.1) is 0 Å². The number of hydrogen-bond acceptors (Lipinski definition) is 3. The predicted octanol–water partition coefficient (Wildman–Crippen LogP) is 2.09. The Hall–Kier alpha value is -2.11. The molecule has 1 rings (SSSR count). The molecule has 21 heavy (non-hydrogen) atoms. The smallest absolute Gasteiger partial charge is 0.305 e. The first kappa shape index (κ1) is 16.9. The van der Waals surface area contributed by atoms with Crippen LogP contribution in [0.5, 0.6) is 5.75 Å². The highest BCUT2D eigenvalue weighted by molar-refractivity contribution is 5.79. The molecule has 0 aliphatic carbocycles. The fourth-order valence-corrected chi connectivity index (χ4v) is 1.98. The van der Waals surface area contributed by atoms with Crippen LogP contribution in [0.4, 0.5) is 4.39 Å². The van der Waals surface area contributed by atoms with Crippen molar-refractivity contribution < 1.29 is 23.8 Å². The lowest BCUT2D eigenvalue weighted by molar-refractivity contribution is -0.139. The number of ether oxygens (including phenoxy) is 1. The lowest BCUT2D eigenvalue weighted by atomic mass is 10.1. The van der Waals surface area contributed by atoms with Gasteiger partial charge in [-0.2, -0.15) is 0 Å². The second-order valence-corrected chi connectivity index (χ2v) is 4.97. The standard InChI is InChI=1S/C15H20FNO4/c1-10(2)17(7-6-15(19)20)14(18)9-11-4-5-13(21-3)12(16)8-11/h4-5,8,10H,6-7,9H2,1-3H3,(H,19,20). The third-order valence-corrected chi connectivity index (χ3v) is 3.08. The van der Waals surface area contributed by atoms with Crippen LogP contribution in [0.3, 0.4) is 0 Å². The van der Waals surface area contributed by atoms with E-state index < -0.39 is 11.8 Å². The van der Waals surface area contributed by atoms with Crippen LogP contribution in [-0.2, 0) is 16.0 Å². The summed E-state index contributed by atoms with van der Waals surface area (Å²) in [7, 11) is 1.37. The number of carboxylic acid groups (broad SMARTS) is 1. The first-order valence-corrected chi connectivity index (χ1v) is 6.68. The number of carboxylic acids is 1. The third-order valence-electron chi connectivity index (χ3n) is 3.08. The molecule has 1 aromatic rings. The van der Waals surface area contributed by atoms with Gasteiger partial charge in [0.2, 0.25) is 5.91 Å². The van der Waals surface area contributed by atoms with Gasteiger partial charge in [-0.25, -0.2) is 4.39 Å². The number of benzene rings is 1. The molecule has 0 saturated carbocycles. The molecule has 5 nitrogen and oxygen atoms in total. The first-order chi connectivity index (χ1) is 9.85. The van der Waals surface area contributed by atoms with Gasteiger partial charge >= 0.3 is 5.97 Å². The minimum atomic E-state index is -0.955. The van der Waals surface area contributed by atoms with Crippen LogP contribution in [0.2, 0.25) is 0 Å². The van der Waals surface area contributed by atoms with Gasteiger partial charge in [-0.3, -0.25) is 9.59 Å². The molecule has 0 fully saturated rings. The highest BCUT2D eigenvalue weighted by Crippen LogP contribution is 2.18. The number of aliphatic carboxylic acids is 1. The molecule has 1 aromatic carbocycles. The number of hydrogen-bond donors (Lipinski definition) is 1. The Morgan fingerprint density at radius 2 is 2.05 bits per heavy atom. The lowest BCUT2D eigenvalue weighted by Gasteiger charge is -2.26. The van der Waals surface area contributed by atoms with Crippen LogP contribution in [0, 0.1) is 5.82 Å². The molecule has 116 valence electrons. The van der Waals surface area contributed by atoms with Gasteiger partial charge in [0.25, 0.3) is 0 Å². The van der Waals surface area contributed by atoms with Gasteiger partial charge in [0.15, 0.2) is 11.6 Å². The van der Waals surface area contributed by atoms with Crippen molar-refractivity contribution in [2.75, 3.05) is 13.7 Å². The van der Waals surface area contributed by atoms with E-state index in [0.717, 1.165) is 0 Å². The number of carbonyl (C=O) groups excluding carboxylic acids is 1. The number of amides is 1. The molecule has 0 spiro atoms. The lowest BCUT2D eigenvalue weighted by Crippen LogP contribution is -2.39. The topological polar surface area (TPSA) is 66.8 Å². The Kier molecular flexibility index (Phi) is 6.14. The van der Waals surface area contributed by atoms with E-state index in [1.54, 1.807) is 6.07 Å². The average Bonchev–Trinajstić information content (AvgIpc) is 2.38. The fraction of sp³-hybridized carbons (Fsp3) is 0.467. The largest absolute Gasteiger partial charge is 0.494 e. The molecule has 0 aromatic heterocycles. The molecule has 0 atom stereocenters. The van der Waals surface area contributed by atoms with Crippen LogP contribution in [-0.4, -0.2) is 41.6 Å².